The molecule has 76 valence electrons. The fourth-order valence-electron chi connectivity index (χ4n) is 1.83. The van der Waals surface area contributed by atoms with Crippen molar-refractivity contribution in [2.45, 2.75) is 19.8 Å². The molecule has 0 amide bonds. The number of methoxy groups -OCH3 is 1. The second kappa shape index (κ2) is 3.86. The van der Waals surface area contributed by atoms with Gasteiger partial charge in [0.25, 0.3) is 0 Å². The molecule has 0 saturated carbocycles. The Morgan fingerprint density at radius 3 is 2.71 bits per heavy atom. The minimum atomic E-state index is 0.932. The van der Waals surface area contributed by atoms with Crippen molar-refractivity contribution in [2.24, 2.45) is 0 Å². The molecule has 0 unspecified atom stereocenters. The smallest absolute Gasteiger partial charge is 0.132 e. The van der Waals surface area contributed by atoms with E-state index in [9.17, 15) is 0 Å². The first-order chi connectivity index (χ1) is 6.81. The van der Waals surface area contributed by atoms with Gasteiger partial charge in [-0.05, 0) is 19.8 Å². The maximum Gasteiger partial charge on any atom is 0.132 e. The lowest BCUT2D eigenvalue weighted by molar-refractivity contribution is 0.411. The molecule has 3 heteroatoms. The molecule has 2 rings (SSSR count). The van der Waals surface area contributed by atoms with Gasteiger partial charge in [-0.1, -0.05) is 0 Å². The van der Waals surface area contributed by atoms with Crippen molar-refractivity contribution in [3.8, 4) is 5.75 Å². The number of nitrogens with zero attached hydrogens (tertiary/aromatic N) is 2. The minimum Gasteiger partial charge on any atom is -0.496 e. The van der Waals surface area contributed by atoms with E-state index in [-0.39, 0.29) is 0 Å². The lowest BCUT2D eigenvalue weighted by Gasteiger charge is -2.17. The molecule has 0 spiro atoms. The maximum atomic E-state index is 5.28. The van der Waals surface area contributed by atoms with Crippen LogP contribution in [-0.2, 0) is 0 Å². The maximum absolute atomic E-state index is 5.28. The third kappa shape index (κ3) is 1.67. The van der Waals surface area contributed by atoms with E-state index in [2.05, 4.69) is 9.88 Å². The molecule has 2 heterocycles. The van der Waals surface area contributed by atoms with Crippen molar-refractivity contribution in [1.29, 1.82) is 0 Å². The highest BCUT2D eigenvalue weighted by atomic mass is 16.5. The quantitative estimate of drug-likeness (QED) is 0.716. The summed E-state index contributed by atoms with van der Waals surface area (Å²) in [5.41, 5.74) is 1.09. The fourth-order valence-corrected chi connectivity index (χ4v) is 1.83. The lowest BCUT2D eigenvalue weighted by atomic mass is 10.3. The molecule has 0 radical (unpaired) electrons. The molecule has 1 aromatic rings. The van der Waals surface area contributed by atoms with Gasteiger partial charge in [-0.15, -0.1) is 0 Å². The van der Waals surface area contributed by atoms with Crippen LogP contribution < -0.4 is 9.64 Å². The third-order valence-electron chi connectivity index (χ3n) is 2.69. The molecule has 1 aromatic heterocycles. The molecule has 14 heavy (non-hydrogen) atoms. The summed E-state index contributed by atoms with van der Waals surface area (Å²) in [6, 6.07) is 2.03. The first-order valence-corrected chi connectivity index (χ1v) is 5.07. The number of aromatic nitrogens is 1. The molecule has 3 nitrogen and oxygen atoms in total. The Morgan fingerprint density at radius 2 is 2.07 bits per heavy atom. The lowest BCUT2D eigenvalue weighted by Crippen LogP contribution is -2.18. The highest BCUT2D eigenvalue weighted by Crippen LogP contribution is 2.24. The Kier molecular flexibility index (Phi) is 2.57. The van der Waals surface area contributed by atoms with E-state index in [1.807, 2.05) is 19.2 Å². The van der Waals surface area contributed by atoms with Crippen LogP contribution in [0.3, 0.4) is 0 Å². The Hall–Kier alpha value is -1.25. The number of rotatable bonds is 2. The highest BCUT2D eigenvalue weighted by Gasteiger charge is 2.14. The van der Waals surface area contributed by atoms with Gasteiger partial charge in [0.2, 0.25) is 0 Å². The summed E-state index contributed by atoms with van der Waals surface area (Å²) >= 11 is 0. The second-order valence-electron chi connectivity index (χ2n) is 3.71. The summed E-state index contributed by atoms with van der Waals surface area (Å²) in [4.78, 5) is 6.72. The predicted octanol–water partition coefficient (Wildman–Crippen LogP) is 2.00. The van der Waals surface area contributed by atoms with Gasteiger partial charge in [0.1, 0.15) is 11.6 Å². The van der Waals surface area contributed by atoms with Gasteiger partial charge in [-0.3, -0.25) is 0 Å². The van der Waals surface area contributed by atoms with Crippen molar-refractivity contribution in [1.82, 2.24) is 4.98 Å². The van der Waals surface area contributed by atoms with E-state index in [0.29, 0.717) is 0 Å². The van der Waals surface area contributed by atoms with Gasteiger partial charge >= 0.3 is 0 Å². The van der Waals surface area contributed by atoms with Crippen molar-refractivity contribution < 1.29 is 4.74 Å². The minimum absolute atomic E-state index is 0.932. The highest BCUT2D eigenvalue weighted by molar-refractivity contribution is 5.47. The van der Waals surface area contributed by atoms with Crippen LogP contribution in [0.2, 0.25) is 0 Å². The number of hydrogen-bond donors (Lipinski definition) is 0. The number of aryl methyl sites for hydroxylation is 1. The molecule has 0 bridgehead atoms. The van der Waals surface area contributed by atoms with E-state index in [1.54, 1.807) is 7.11 Å². The molecule has 0 N–H and O–H groups in total. The average Bonchev–Trinajstić information content (AvgIpc) is 2.71. The summed E-state index contributed by atoms with van der Waals surface area (Å²) in [6.07, 6.45) is 4.43. The fraction of sp³-hybridized carbons (Fsp3) is 0.545. The second-order valence-corrected chi connectivity index (χ2v) is 3.71. The van der Waals surface area contributed by atoms with Gasteiger partial charge in [-0.25, -0.2) is 4.98 Å². The van der Waals surface area contributed by atoms with Gasteiger partial charge < -0.3 is 9.64 Å². The van der Waals surface area contributed by atoms with Crippen LogP contribution in [0.4, 0.5) is 5.82 Å². The Labute approximate surface area is 84.7 Å². The molecule has 0 aromatic carbocycles. The van der Waals surface area contributed by atoms with Crippen molar-refractivity contribution in [3.05, 3.63) is 17.8 Å². The predicted molar refractivity (Wildman–Crippen MR) is 57.0 cm³/mol. The van der Waals surface area contributed by atoms with Crippen molar-refractivity contribution >= 4 is 5.82 Å². The topological polar surface area (TPSA) is 25.4 Å². The number of anilines is 1. The van der Waals surface area contributed by atoms with Crippen LogP contribution in [0.1, 0.15) is 18.4 Å². The van der Waals surface area contributed by atoms with Crippen LogP contribution in [0.15, 0.2) is 12.3 Å². The van der Waals surface area contributed by atoms with Gasteiger partial charge in [-0.2, -0.15) is 0 Å². The SMILES string of the molecule is COc1cc(N2CCCC2)ncc1C. The zero-order chi connectivity index (χ0) is 9.97. The molecule has 0 aliphatic carbocycles. The van der Waals surface area contributed by atoms with Gasteiger partial charge in [0.15, 0.2) is 0 Å². The van der Waals surface area contributed by atoms with E-state index in [1.165, 1.54) is 12.8 Å². The summed E-state index contributed by atoms with van der Waals surface area (Å²) in [5, 5.41) is 0. The normalized spacial score (nSPS) is 16.0. The van der Waals surface area contributed by atoms with Crippen molar-refractivity contribution in [2.75, 3.05) is 25.1 Å². The third-order valence-corrected chi connectivity index (χ3v) is 2.69. The Bertz CT molecular complexity index is 319. The zero-order valence-corrected chi connectivity index (χ0v) is 8.79. The van der Waals surface area contributed by atoms with E-state index in [4.69, 9.17) is 4.74 Å². The summed E-state index contributed by atoms with van der Waals surface area (Å²) in [7, 11) is 1.70. The molecule has 1 aliphatic heterocycles. The summed E-state index contributed by atoms with van der Waals surface area (Å²) in [5.74, 6) is 1.98. The summed E-state index contributed by atoms with van der Waals surface area (Å²) in [6.45, 7) is 4.26. The van der Waals surface area contributed by atoms with Gasteiger partial charge in [0, 0.05) is 30.9 Å². The average molecular weight is 192 g/mol. The molecule has 1 saturated heterocycles. The number of pyridine rings is 1. The first-order valence-electron chi connectivity index (χ1n) is 5.07. The monoisotopic (exact) mass is 192 g/mol. The van der Waals surface area contributed by atoms with Crippen LogP contribution in [-0.4, -0.2) is 25.2 Å². The van der Waals surface area contributed by atoms with Crippen LogP contribution in [0.5, 0.6) is 5.75 Å². The van der Waals surface area contributed by atoms with E-state index < -0.39 is 0 Å². The Morgan fingerprint density at radius 1 is 1.36 bits per heavy atom. The Balaban J connectivity index is 2.25. The van der Waals surface area contributed by atoms with Gasteiger partial charge in [0.05, 0.1) is 7.11 Å². The standard InChI is InChI=1S/C11H16N2O/c1-9-8-12-11(7-10(9)14-2)13-5-3-4-6-13/h7-8H,3-6H2,1-2H3. The largest absolute Gasteiger partial charge is 0.496 e. The summed E-state index contributed by atoms with van der Waals surface area (Å²) < 4.78 is 5.28. The van der Waals surface area contributed by atoms with E-state index in [0.717, 1.165) is 30.2 Å². The molecule has 1 aliphatic rings. The zero-order valence-electron chi connectivity index (χ0n) is 8.79. The van der Waals surface area contributed by atoms with Crippen molar-refractivity contribution in [3.63, 3.8) is 0 Å². The number of ether oxygens (including phenoxy) is 1. The van der Waals surface area contributed by atoms with E-state index >= 15 is 0 Å². The molecular formula is C11H16N2O. The van der Waals surface area contributed by atoms with Crippen LogP contribution in [0.25, 0.3) is 0 Å². The van der Waals surface area contributed by atoms with Crippen LogP contribution in [0, 0.1) is 6.92 Å². The molecule has 0 atom stereocenters. The number of hydrogen-bond acceptors (Lipinski definition) is 3. The van der Waals surface area contributed by atoms with Crippen LogP contribution >= 0.6 is 0 Å². The molecule has 1 fully saturated rings. The molecular weight excluding hydrogens is 176 g/mol. The first kappa shape index (κ1) is 9.31.